The van der Waals surface area contributed by atoms with Gasteiger partial charge in [0.15, 0.2) is 11.3 Å². The van der Waals surface area contributed by atoms with Crippen molar-refractivity contribution < 1.29 is 23.1 Å². The minimum atomic E-state index is -4.54. The summed E-state index contributed by atoms with van der Waals surface area (Å²) in [6.45, 7) is 3.12. The Balaban J connectivity index is 2.34. The molecule has 3 aromatic rings. The van der Waals surface area contributed by atoms with Gasteiger partial charge in [-0.1, -0.05) is 18.2 Å². The van der Waals surface area contributed by atoms with E-state index in [1.54, 1.807) is 6.92 Å². The third kappa shape index (κ3) is 2.49. The van der Waals surface area contributed by atoms with E-state index >= 15 is 0 Å². The largest absolute Gasteiger partial charge is 0.476 e. The van der Waals surface area contributed by atoms with Gasteiger partial charge in [-0.15, -0.1) is 0 Å². The predicted molar refractivity (Wildman–Crippen MR) is 79.9 cm³/mol. The summed E-state index contributed by atoms with van der Waals surface area (Å²) in [6.07, 6.45) is -4.54. The number of carboxylic acids is 1. The minimum Gasteiger partial charge on any atom is -0.476 e. The van der Waals surface area contributed by atoms with Crippen molar-refractivity contribution in [3.8, 4) is 11.3 Å². The van der Waals surface area contributed by atoms with Crippen LogP contribution in [0.5, 0.6) is 0 Å². The molecule has 5 nitrogen and oxygen atoms in total. The summed E-state index contributed by atoms with van der Waals surface area (Å²) >= 11 is 0. The third-order valence-electron chi connectivity index (χ3n) is 3.66. The average molecular weight is 335 g/mol. The zero-order valence-electron chi connectivity index (χ0n) is 12.7. The van der Waals surface area contributed by atoms with Crippen LogP contribution in [0.1, 0.15) is 27.3 Å². The molecule has 1 N–H and O–H groups in total. The lowest BCUT2D eigenvalue weighted by molar-refractivity contribution is -0.137. The van der Waals surface area contributed by atoms with Crippen LogP contribution in [0.3, 0.4) is 0 Å². The second-order valence-corrected chi connectivity index (χ2v) is 5.34. The molecule has 0 unspecified atom stereocenters. The summed E-state index contributed by atoms with van der Waals surface area (Å²) in [7, 11) is 0. The molecular weight excluding hydrogens is 323 g/mol. The van der Waals surface area contributed by atoms with Gasteiger partial charge in [-0.2, -0.15) is 18.3 Å². The van der Waals surface area contributed by atoms with E-state index in [2.05, 4.69) is 10.1 Å². The van der Waals surface area contributed by atoms with Gasteiger partial charge in [0.25, 0.3) is 0 Å². The van der Waals surface area contributed by atoms with Crippen molar-refractivity contribution in [2.24, 2.45) is 0 Å². The maximum atomic E-state index is 13.3. The molecule has 0 aliphatic carbocycles. The Morgan fingerprint density at radius 1 is 1.21 bits per heavy atom. The number of carboxylic acid groups (broad SMARTS) is 1. The molecule has 0 saturated heterocycles. The highest BCUT2D eigenvalue weighted by Gasteiger charge is 2.34. The summed E-state index contributed by atoms with van der Waals surface area (Å²) in [5.74, 6) is -1.24. The second kappa shape index (κ2) is 5.33. The zero-order valence-corrected chi connectivity index (χ0v) is 12.7. The zero-order chi connectivity index (χ0) is 17.6. The van der Waals surface area contributed by atoms with Crippen LogP contribution >= 0.6 is 0 Å². The number of aromatic carboxylic acids is 1. The molecule has 2 heterocycles. The van der Waals surface area contributed by atoms with E-state index in [1.165, 1.54) is 31.2 Å². The topological polar surface area (TPSA) is 67.5 Å². The van der Waals surface area contributed by atoms with Gasteiger partial charge in [0.05, 0.1) is 17.0 Å². The lowest BCUT2D eigenvalue weighted by Crippen LogP contribution is -2.11. The Hall–Kier alpha value is -2.90. The number of carbonyl (C=O) groups is 1. The first kappa shape index (κ1) is 16.0. The average Bonchev–Trinajstić information content (AvgIpc) is 2.80. The number of hydrogen-bond acceptors (Lipinski definition) is 3. The fourth-order valence-electron chi connectivity index (χ4n) is 2.62. The lowest BCUT2D eigenvalue weighted by atomic mass is 10.0. The number of hydrogen-bond donors (Lipinski definition) is 1. The van der Waals surface area contributed by atoms with Gasteiger partial charge in [-0.05, 0) is 31.5 Å². The van der Waals surface area contributed by atoms with Crippen molar-refractivity contribution >= 4 is 11.6 Å². The van der Waals surface area contributed by atoms with Crippen molar-refractivity contribution in [3.63, 3.8) is 0 Å². The van der Waals surface area contributed by atoms with E-state index in [0.717, 1.165) is 10.6 Å². The SMILES string of the molecule is Cc1cc2nc(C)c(C(=O)O)n2nc1-c1ccccc1C(F)(F)F. The van der Waals surface area contributed by atoms with E-state index in [1.807, 2.05) is 0 Å². The maximum Gasteiger partial charge on any atom is 0.417 e. The van der Waals surface area contributed by atoms with Crippen molar-refractivity contribution in [3.05, 3.63) is 52.8 Å². The Bertz CT molecular complexity index is 961. The van der Waals surface area contributed by atoms with Crippen molar-refractivity contribution in [1.29, 1.82) is 0 Å². The Labute approximate surface area is 134 Å². The Morgan fingerprint density at radius 2 is 1.88 bits per heavy atom. The van der Waals surface area contributed by atoms with E-state index in [0.29, 0.717) is 5.56 Å². The number of nitrogens with zero attached hydrogens (tertiary/aromatic N) is 3. The van der Waals surface area contributed by atoms with Gasteiger partial charge in [0, 0.05) is 5.56 Å². The molecule has 0 amide bonds. The summed E-state index contributed by atoms with van der Waals surface area (Å²) in [5, 5.41) is 13.4. The van der Waals surface area contributed by atoms with Crippen LogP contribution in [0, 0.1) is 13.8 Å². The van der Waals surface area contributed by atoms with Crippen LogP contribution in [0.25, 0.3) is 16.9 Å². The molecule has 24 heavy (non-hydrogen) atoms. The maximum absolute atomic E-state index is 13.3. The molecule has 124 valence electrons. The van der Waals surface area contributed by atoms with Gasteiger partial charge in [0.1, 0.15) is 0 Å². The number of aryl methyl sites for hydroxylation is 2. The molecule has 0 aliphatic rings. The van der Waals surface area contributed by atoms with Crippen LogP contribution in [-0.2, 0) is 6.18 Å². The first-order valence-corrected chi connectivity index (χ1v) is 6.97. The fourth-order valence-corrected chi connectivity index (χ4v) is 2.62. The normalized spacial score (nSPS) is 11.9. The molecule has 8 heteroatoms. The number of halogens is 3. The molecule has 2 aromatic heterocycles. The number of imidazole rings is 1. The summed E-state index contributed by atoms with van der Waals surface area (Å²) in [4.78, 5) is 15.5. The number of fused-ring (bicyclic) bond motifs is 1. The monoisotopic (exact) mass is 335 g/mol. The highest BCUT2D eigenvalue weighted by atomic mass is 19.4. The standard InChI is InChI=1S/C16H12F3N3O2/c1-8-7-12-20-9(2)14(15(23)24)22(12)21-13(8)10-5-3-4-6-11(10)16(17,18)19/h3-7H,1-2H3,(H,23,24). The first-order valence-electron chi connectivity index (χ1n) is 6.97. The van der Waals surface area contributed by atoms with Crippen LogP contribution in [-0.4, -0.2) is 25.7 Å². The van der Waals surface area contributed by atoms with Crippen LogP contribution in [0.4, 0.5) is 13.2 Å². The van der Waals surface area contributed by atoms with E-state index < -0.39 is 17.7 Å². The molecule has 0 saturated carbocycles. The molecule has 3 rings (SSSR count). The van der Waals surface area contributed by atoms with E-state index in [9.17, 15) is 23.1 Å². The number of alkyl halides is 3. The molecule has 1 aromatic carbocycles. The molecule has 0 bridgehead atoms. The Kier molecular flexibility index (Phi) is 3.55. The molecule has 0 spiro atoms. The van der Waals surface area contributed by atoms with Crippen LogP contribution < -0.4 is 0 Å². The molecule has 0 atom stereocenters. The summed E-state index contributed by atoms with van der Waals surface area (Å²) in [5.41, 5.74) is -0.0424. The van der Waals surface area contributed by atoms with Gasteiger partial charge in [-0.25, -0.2) is 14.3 Å². The smallest absolute Gasteiger partial charge is 0.417 e. The quantitative estimate of drug-likeness (QED) is 0.775. The molecule has 0 aliphatic heterocycles. The number of rotatable bonds is 2. The predicted octanol–water partition coefficient (Wildman–Crippen LogP) is 3.73. The van der Waals surface area contributed by atoms with Gasteiger partial charge in [0.2, 0.25) is 0 Å². The van der Waals surface area contributed by atoms with E-state index in [-0.39, 0.29) is 28.3 Å². The van der Waals surface area contributed by atoms with Gasteiger partial charge < -0.3 is 5.11 Å². The minimum absolute atomic E-state index is 0.0651. The van der Waals surface area contributed by atoms with Crippen molar-refractivity contribution in [2.75, 3.05) is 0 Å². The van der Waals surface area contributed by atoms with E-state index in [4.69, 9.17) is 0 Å². The highest BCUT2D eigenvalue weighted by molar-refractivity contribution is 5.88. The lowest BCUT2D eigenvalue weighted by Gasteiger charge is -2.14. The highest BCUT2D eigenvalue weighted by Crippen LogP contribution is 2.37. The van der Waals surface area contributed by atoms with Gasteiger partial charge in [-0.3, -0.25) is 0 Å². The Morgan fingerprint density at radius 3 is 2.50 bits per heavy atom. The molecule has 0 fully saturated rings. The fraction of sp³-hybridized carbons (Fsp3) is 0.188. The number of benzene rings is 1. The van der Waals surface area contributed by atoms with Gasteiger partial charge >= 0.3 is 12.1 Å². The second-order valence-electron chi connectivity index (χ2n) is 5.34. The van der Waals surface area contributed by atoms with Crippen molar-refractivity contribution in [2.45, 2.75) is 20.0 Å². The summed E-state index contributed by atoms with van der Waals surface area (Å²) < 4.78 is 40.8. The van der Waals surface area contributed by atoms with Crippen LogP contribution in [0.2, 0.25) is 0 Å². The molecular formula is C16H12F3N3O2. The number of aromatic nitrogens is 3. The third-order valence-corrected chi connectivity index (χ3v) is 3.66. The van der Waals surface area contributed by atoms with Crippen LogP contribution in [0.15, 0.2) is 30.3 Å². The molecule has 0 radical (unpaired) electrons. The summed E-state index contributed by atoms with van der Waals surface area (Å²) in [6, 6.07) is 6.58. The van der Waals surface area contributed by atoms with Crippen molar-refractivity contribution in [1.82, 2.24) is 14.6 Å². The first-order chi connectivity index (χ1) is 11.2.